The molecule has 0 radical (unpaired) electrons. The number of benzene rings is 1. The summed E-state index contributed by atoms with van der Waals surface area (Å²) in [5, 5.41) is 8.90. The Morgan fingerprint density at radius 1 is 1.14 bits per heavy atom. The second kappa shape index (κ2) is 5.49. The largest absolute Gasteiger partial charge is 0.369 e. The molecule has 2 heterocycles. The molecule has 0 spiro atoms. The zero-order valence-electron chi connectivity index (χ0n) is 12.7. The highest BCUT2D eigenvalue weighted by Crippen LogP contribution is 2.30. The zero-order chi connectivity index (χ0) is 14.9. The summed E-state index contributed by atoms with van der Waals surface area (Å²) in [4.78, 5) is 7.05. The Bertz CT molecular complexity index is 708. The van der Waals surface area contributed by atoms with Crippen molar-refractivity contribution in [2.75, 3.05) is 18.0 Å². The number of nitriles is 1. The van der Waals surface area contributed by atoms with E-state index < -0.39 is 0 Å². The van der Waals surface area contributed by atoms with E-state index in [4.69, 9.17) is 5.26 Å². The predicted molar refractivity (Wildman–Crippen MR) is 85.9 cm³/mol. The molecule has 1 aromatic carbocycles. The molecule has 2 aromatic rings. The van der Waals surface area contributed by atoms with E-state index in [1.54, 1.807) is 0 Å². The Morgan fingerprint density at radius 3 is 2.77 bits per heavy atom. The van der Waals surface area contributed by atoms with Crippen LogP contribution in [0.3, 0.4) is 0 Å². The van der Waals surface area contributed by atoms with Gasteiger partial charge in [-0.2, -0.15) is 5.26 Å². The van der Waals surface area contributed by atoms with E-state index >= 15 is 0 Å². The standard InChI is InChI=1S/C18H20N4/c19-11-14-5-7-15(8-6-14)21-10-9-16(12-21)22-13-20-17-3-1-2-4-18(17)22/h5-8,13,16H,1-4,9-10,12H2/t16-/m1/s1. The molecule has 2 aliphatic rings. The molecule has 4 rings (SSSR count). The average molecular weight is 292 g/mol. The van der Waals surface area contributed by atoms with Crippen molar-refractivity contribution in [3.05, 3.63) is 47.5 Å². The summed E-state index contributed by atoms with van der Waals surface area (Å²) >= 11 is 0. The lowest BCUT2D eigenvalue weighted by Gasteiger charge is -2.21. The first-order chi connectivity index (χ1) is 10.8. The van der Waals surface area contributed by atoms with Crippen LogP contribution in [0.5, 0.6) is 0 Å². The monoisotopic (exact) mass is 292 g/mol. The number of rotatable bonds is 2. The molecule has 1 atom stereocenters. The van der Waals surface area contributed by atoms with Gasteiger partial charge in [-0.15, -0.1) is 0 Å². The smallest absolute Gasteiger partial charge is 0.0991 e. The fourth-order valence-electron chi connectivity index (χ4n) is 3.76. The number of aromatic nitrogens is 2. The van der Waals surface area contributed by atoms with Crippen molar-refractivity contribution < 1.29 is 0 Å². The summed E-state index contributed by atoms with van der Waals surface area (Å²) in [5.41, 5.74) is 4.74. The van der Waals surface area contributed by atoms with Gasteiger partial charge in [-0.05, 0) is 56.4 Å². The number of aryl methyl sites for hydroxylation is 1. The van der Waals surface area contributed by atoms with Crippen LogP contribution in [0.4, 0.5) is 5.69 Å². The molecule has 0 N–H and O–H groups in total. The van der Waals surface area contributed by atoms with Crippen molar-refractivity contribution in [2.24, 2.45) is 0 Å². The number of anilines is 1. The molecule has 0 saturated carbocycles. The zero-order valence-corrected chi connectivity index (χ0v) is 12.7. The molecule has 0 bridgehead atoms. The van der Waals surface area contributed by atoms with Gasteiger partial charge >= 0.3 is 0 Å². The number of hydrogen-bond acceptors (Lipinski definition) is 3. The Labute approximate surface area is 131 Å². The van der Waals surface area contributed by atoms with Crippen LogP contribution in [0.1, 0.15) is 42.3 Å². The van der Waals surface area contributed by atoms with Gasteiger partial charge in [-0.25, -0.2) is 4.98 Å². The van der Waals surface area contributed by atoms with Gasteiger partial charge in [-0.1, -0.05) is 0 Å². The molecule has 4 nitrogen and oxygen atoms in total. The Kier molecular flexibility index (Phi) is 3.34. The SMILES string of the molecule is N#Cc1ccc(N2CC[C@@H](n3cnc4c3CCCC4)C2)cc1. The molecule has 1 fully saturated rings. The van der Waals surface area contributed by atoms with Crippen LogP contribution >= 0.6 is 0 Å². The first kappa shape index (κ1) is 13.4. The van der Waals surface area contributed by atoms with Gasteiger partial charge in [0, 0.05) is 24.5 Å². The van der Waals surface area contributed by atoms with Crippen LogP contribution in [0, 0.1) is 11.3 Å². The van der Waals surface area contributed by atoms with E-state index in [-0.39, 0.29) is 0 Å². The summed E-state index contributed by atoms with van der Waals surface area (Å²) in [5.74, 6) is 0. The van der Waals surface area contributed by atoms with Gasteiger partial charge in [0.05, 0.1) is 29.7 Å². The maximum absolute atomic E-state index is 8.90. The fraction of sp³-hybridized carbons (Fsp3) is 0.444. The highest BCUT2D eigenvalue weighted by atomic mass is 15.2. The minimum atomic E-state index is 0.532. The molecular weight excluding hydrogens is 272 g/mol. The van der Waals surface area contributed by atoms with Crippen LogP contribution in [-0.2, 0) is 12.8 Å². The third kappa shape index (κ3) is 2.27. The van der Waals surface area contributed by atoms with Gasteiger partial charge < -0.3 is 9.47 Å². The van der Waals surface area contributed by atoms with E-state index in [0.717, 1.165) is 25.1 Å². The molecule has 4 heteroatoms. The van der Waals surface area contributed by atoms with Crippen LogP contribution in [0.25, 0.3) is 0 Å². The summed E-state index contributed by atoms with van der Waals surface area (Å²) in [7, 11) is 0. The van der Waals surface area contributed by atoms with Crippen molar-refractivity contribution in [2.45, 2.75) is 38.1 Å². The first-order valence-electron chi connectivity index (χ1n) is 8.15. The van der Waals surface area contributed by atoms with Crippen molar-refractivity contribution in [3.63, 3.8) is 0 Å². The second-order valence-corrected chi connectivity index (χ2v) is 6.30. The molecule has 0 unspecified atom stereocenters. The predicted octanol–water partition coefficient (Wildman–Crippen LogP) is 3.08. The molecular formula is C18H20N4. The minimum Gasteiger partial charge on any atom is -0.369 e. The van der Waals surface area contributed by atoms with Gasteiger partial charge in [0.2, 0.25) is 0 Å². The summed E-state index contributed by atoms with van der Waals surface area (Å²) in [6.07, 6.45) is 8.14. The average Bonchev–Trinajstić information content (AvgIpc) is 3.21. The second-order valence-electron chi connectivity index (χ2n) is 6.30. The first-order valence-corrected chi connectivity index (χ1v) is 8.15. The van der Waals surface area contributed by atoms with Crippen LogP contribution in [-0.4, -0.2) is 22.6 Å². The third-order valence-corrected chi connectivity index (χ3v) is 4.98. The van der Waals surface area contributed by atoms with Gasteiger partial charge in [0.1, 0.15) is 0 Å². The number of imidazole rings is 1. The van der Waals surface area contributed by atoms with E-state index in [9.17, 15) is 0 Å². The molecule has 1 aromatic heterocycles. The van der Waals surface area contributed by atoms with E-state index in [2.05, 4.69) is 39.0 Å². The molecule has 0 amide bonds. The van der Waals surface area contributed by atoms with E-state index in [0.29, 0.717) is 6.04 Å². The molecule has 1 aliphatic carbocycles. The van der Waals surface area contributed by atoms with Gasteiger partial charge in [0.25, 0.3) is 0 Å². The quantitative estimate of drug-likeness (QED) is 0.854. The lowest BCUT2D eigenvalue weighted by molar-refractivity contribution is 0.515. The summed E-state index contributed by atoms with van der Waals surface area (Å²) in [6, 6.07) is 10.6. The van der Waals surface area contributed by atoms with Crippen molar-refractivity contribution in [3.8, 4) is 6.07 Å². The Morgan fingerprint density at radius 2 is 1.95 bits per heavy atom. The Hall–Kier alpha value is -2.28. The lowest BCUT2D eigenvalue weighted by atomic mass is 10.0. The van der Waals surface area contributed by atoms with Crippen molar-refractivity contribution in [1.29, 1.82) is 5.26 Å². The molecule has 1 saturated heterocycles. The van der Waals surface area contributed by atoms with Crippen molar-refractivity contribution >= 4 is 5.69 Å². The highest BCUT2D eigenvalue weighted by molar-refractivity contribution is 5.50. The van der Waals surface area contributed by atoms with Gasteiger partial charge in [-0.3, -0.25) is 0 Å². The van der Waals surface area contributed by atoms with E-state index in [1.165, 1.54) is 42.8 Å². The summed E-state index contributed by atoms with van der Waals surface area (Å²) in [6.45, 7) is 2.11. The van der Waals surface area contributed by atoms with Crippen molar-refractivity contribution in [1.82, 2.24) is 9.55 Å². The molecule has 22 heavy (non-hydrogen) atoms. The van der Waals surface area contributed by atoms with E-state index in [1.807, 2.05) is 12.1 Å². The highest BCUT2D eigenvalue weighted by Gasteiger charge is 2.27. The lowest BCUT2D eigenvalue weighted by Crippen LogP contribution is -2.21. The summed E-state index contributed by atoms with van der Waals surface area (Å²) < 4.78 is 2.43. The third-order valence-electron chi connectivity index (χ3n) is 4.98. The normalized spacial score (nSPS) is 20.7. The van der Waals surface area contributed by atoms with Crippen LogP contribution in [0.2, 0.25) is 0 Å². The molecule has 1 aliphatic heterocycles. The fourth-order valence-corrected chi connectivity index (χ4v) is 3.76. The number of hydrogen-bond donors (Lipinski definition) is 0. The van der Waals surface area contributed by atoms with Gasteiger partial charge in [0.15, 0.2) is 0 Å². The number of fused-ring (bicyclic) bond motifs is 1. The Balaban J connectivity index is 1.52. The molecule has 112 valence electrons. The maximum Gasteiger partial charge on any atom is 0.0991 e. The minimum absolute atomic E-state index is 0.532. The topological polar surface area (TPSA) is 44.9 Å². The number of nitrogens with zero attached hydrogens (tertiary/aromatic N) is 4. The maximum atomic E-state index is 8.90. The van der Waals surface area contributed by atoms with Crippen LogP contribution < -0.4 is 4.90 Å². The van der Waals surface area contributed by atoms with Crippen LogP contribution in [0.15, 0.2) is 30.6 Å².